The molecule has 1 aromatic carbocycles. The summed E-state index contributed by atoms with van der Waals surface area (Å²) >= 11 is 5.38. The molecule has 0 aromatic heterocycles. The SMILES string of the molecule is F[B-](F)(F)F.N#[N+]c1ccc(C(F)(F)F)cc1Cl. The topological polar surface area (TPSA) is 28.1 Å². The van der Waals surface area contributed by atoms with Crippen LogP contribution in [0.15, 0.2) is 18.2 Å². The third-order valence-electron chi connectivity index (χ3n) is 1.38. The second-order valence-corrected chi connectivity index (χ2v) is 3.17. The Morgan fingerprint density at radius 2 is 1.56 bits per heavy atom. The molecule has 0 bridgehead atoms. The molecule has 18 heavy (non-hydrogen) atoms. The fraction of sp³-hybridized carbons (Fsp3) is 0.143. The van der Waals surface area contributed by atoms with Crippen molar-refractivity contribution in [3.8, 4) is 0 Å². The van der Waals surface area contributed by atoms with Crippen LogP contribution < -0.4 is 0 Å². The molecule has 0 atom stereocenters. The molecule has 0 aliphatic rings. The normalized spacial score (nSPS) is 11.3. The second kappa shape index (κ2) is 5.90. The number of alkyl halides is 3. The summed E-state index contributed by atoms with van der Waals surface area (Å²) in [5, 5.41) is 8.03. The molecule has 0 fully saturated rings. The van der Waals surface area contributed by atoms with Gasteiger partial charge in [-0.1, -0.05) is 11.6 Å². The molecule has 0 spiro atoms. The van der Waals surface area contributed by atoms with Gasteiger partial charge in [-0.25, -0.2) is 0 Å². The van der Waals surface area contributed by atoms with Crippen LogP contribution in [-0.4, -0.2) is 7.25 Å². The third-order valence-corrected chi connectivity index (χ3v) is 1.69. The maximum absolute atomic E-state index is 12.1. The van der Waals surface area contributed by atoms with Crippen LogP contribution >= 0.6 is 11.6 Å². The molecule has 0 aliphatic carbocycles. The van der Waals surface area contributed by atoms with Gasteiger partial charge in [0.1, 0.15) is 5.02 Å². The minimum Gasteiger partial charge on any atom is -0.418 e. The Morgan fingerprint density at radius 3 is 1.83 bits per heavy atom. The highest BCUT2D eigenvalue weighted by Gasteiger charge is 2.32. The summed E-state index contributed by atoms with van der Waals surface area (Å²) in [6.45, 7) is 0. The average Bonchev–Trinajstić information content (AvgIpc) is 2.13. The highest BCUT2D eigenvalue weighted by Crippen LogP contribution is 2.34. The van der Waals surface area contributed by atoms with Gasteiger partial charge >= 0.3 is 19.1 Å². The lowest BCUT2D eigenvalue weighted by Gasteiger charge is -2.04. The molecule has 0 saturated heterocycles. The van der Waals surface area contributed by atoms with Crippen molar-refractivity contribution in [2.24, 2.45) is 0 Å². The standard InChI is InChI=1S/C7H3ClF3N2.BF4/c8-5-3-4(7(9,10)11)1-2-6(5)13-12;2-1(3,4)5/h1-3H;/q+1;-1. The van der Waals surface area contributed by atoms with Gasteiger partial charge in [-0.3, -0.25) is 0 Å². The Labute approximate surface area is 101 Å². The monoisotopic (exact) mass is 294 g/mol. The number of rotatable bonds is 0. The molecule has 0 saturated carbocycles. The van der Waals surface area contributed by atoms with E-state index in [-0.39, 0.29) is 10.7 Å². The summed E-state index contributed by atoms with van der Waals surface area (Å²) in [7, 11) is -6.00. The first-order valence-corrected chi connectivity index (χ1v) is 4.42. The maximum atomic E-state index is 12.1. The highest BCUT2D eigenvalue weighted by atomic mass is 35.5. The van der Waals surface area contributed by atoms with Crippen molar-refractivity contribution in [2.75, 3.05) is 0 Å². The van der Waals surface area contributed by atoms with E-state index in [9.17, 15) is 30.4 Å². The Hall–Kier alpha value is -1.50. The van der Waals surface area contributed by atoms with E-state index >= 15 is 0 Å². The van der Waals surface area contributed by atoms with Crippen molar-refractivity contribution >= 4 is 24.5 Å². The molecule has 100 valence electrons. The van der Waals surface area contributed by atoms with Gasteiger partial charge in [0.05, 0.1) is 5.56 Å². The minimum absolute atomic E-state index is 0.0883. The van der Waals surface area contributed by atoms with Crippen LogP contribution in [0.1, 0.15) is 5.56 Å². The van der Waals surface area contributed by atoms with Crippen LogP contribution in [0, 0.1) is 5.39 Å². The molecule has 0 unspecified atom stereocenters. The molecule has 1 aromatic rings. The highest BCUT2D eigenvalue weighted by molar-refractivity contribution is 6.50. The second-order valence-electron chi connectivity index (χ2n) is 2.76. The zero-order chi connectivity index (χ0) is 14.6. The van der Waals surface area contributed by atoms with E-state index in [1.54, 1.807) is 0 Å². The summed E-state index contributed by atoms with van der Waals surface area (Å²) in [4.78, 5) is 2.69. The molecular weight excluding hydrogens is 291 g/mol. The molecule has 2 nitrogen and oxygen atoms in total. The lowest BCUT2D eigenvalue weighted by Crippen LogP contribution is -2.03. The Morgan fingerprint density at radius 1 is 1.11 bits per heavy atom. The Kier molecular flexibility index (Phi) is 5.41. The number of hydrogen-bond donors (Lipinski definition) is 0. The molecule has 1 rings (SSSR count). The van der Waals surface area contributed by atoms with E-state index in [0.29, 0.717) is 6.07 Å². The van der Waals surface area contributed by atoms with Gasteiger partial charge in [-0.15, -0.1) is 0 Å². The van der Waals surface area contributed by atoms with Gasteiger partial charge in [-0.05, 0) is 12.1 Å². The van der Waals surface area contributed by atoms with Crippen LogP contribution in [0.4, 0.5) is 36.1 Å². The number of diazo groups is 1. The van der Waals surface area contributed by atoms with Crippen molar-refractivity contribution in [1.29, 1.82) is 5.39 Å². The lowest BCUT2D eigenvalue weighted by atomic mass is 10.2. The molecule has 0 amide bonds. The van der Waals surface area contributed by atoms with E-state index in [0.717, 1.165) is 12.1 Å². The van der Waals surface area contributed by atoms with Crippen molar-refractivity contribution in [2.45, 2.75) is 6.18 Å². The van der Waals surface area contributed by atoms with Crippen molar-refractivity contribution in [3.63, 3.8) is 0 Å². The zero-order valence-corrected chi connectivity index (χ0v) is 8.98. The van der Waals surface area contributed by atoms with Gasteiger partial charge < -0.3 is 17.3 Å². The van der Waals surface area contributed by atoms with Crippen LogP contribution in [0.3, 0.4) is 0 Å². The summed E-state index contributed by atoms with van der Waals surface area (Å²) in [6, 6.07) is 2.49. The van der Waals surface area contributed by atoms with Crippen molar-refractivity contribution in [1.82, 2.24) is 0 Å². The average molecular weight is 294 g/mol. The maximum Gasteiger partial charge on any atom is 0.673 e. The molecule has 0 heterocycles. The summed E-state index contributed by atoms with van der Waals surface area (Å²) < 4.78 is 75.2. The molecule has 0 aliphatic heterocycles. The Balaban J connectivity index is 0.000000494. The van der Waals surface area contributed by atoms with E-state index in [2.05, 4.69) is 4.98 Å². The van der Waals surface area contributed by atoms with Crippen LogP contribution in [-0.2, 0) is 6.18 Å². The third kappa shape index (κ3) is 6.95. The number of nitrogens with zero attached hydrogens (tertiary/aromatic N) is 2. The largest absolute Gasteiger partial charge is 0.673 e. The number of halogens is 8. The van der Waals surface area contributed by atoms with Gasteiger partial charge in [0.15, 0.2) is 4.98 Å². The molecular formula is C7H3BClF7N2. The number of benzene rings is 1. The molecule has 0 radical (unpaired) electrons. The van der Waals surface area contributed by atoms with E-state index in [4.69, 9.17) is 17.0 Å². The molecule has 11 heteroatoms. The zero-order valence-electron chi connectivity index (χ0n) is 8.23. The molecule has 0 N–H and O–H groups in total. The van der Waals surface area contributed by atoms with Crippen LogP contribution in [0.2, 0.25) is 5.02 Å². The Bertz CT molecular complexity index is 445. The van der Waals surface area contributed by atoms with Crippen molar-refractivity contribution in [3.05, 3.63) is 33.8 Å². The van der Waals surface area contributed by atoms with Crippen molar-refractivity contribution < 1.29 is 30.4 Å². The first kappa shape index (κ1) is 16.5. The van der Waals surface area contributed by atoms with Gasteiger partial charge in [0.2, 0.25) is 5.39 Å². The predicted octanol–water partition coefficient (Wildman–Crippen LogP) is 5.14. The number of hydrogen-bond acceptors (Lipinski definition) is 1. The minimum atomic E-state index is -6.00. The van der Waals surface area contributed by atoms with Gasteiger partial charge in [0.25, 0.3) is 0 Å². The van der Waals surface area contributed by atoms with Gasteiger partial charge in [0, 0.05) is 6.07 Å². The van der Waals surface area contributed by atoms with Crippen LogP contribution in [0.25, 0.3) is 4.98 Å². The predicted molar refractivity (Wildman–Crippen MR) is 51.4 cm³/mol. The first-order chi connectivity index (χ1) is 7.95. The first-order valence-electron chi connectivity index (χ1n) is 4.04. The van der Waals surface area contributed by atoms with E-state index < -0.39 is 19.0 Å². The lowest BCUT2D eigenvalue weighted by molar-refractivity contribution is -0.137. The summed E-state index contributed by atoms with van der Waals surface area (Å²) in [6.07, 6.45) is -4.43. The summed E-state index contributed by atoms with van der Waals surface area (Å²) in [5.74, 6) is 0. The van der Waals surface area contributed by atoms with Gasteiger partial charge in [-0.2, -0.15) is 13.2 Å². The van der Waals surface area contributed by atoms with Crippen LogP contribution in [0.5, 0.6) is 0 Å². The van der Waals surface area contributed by atoms with E-state index in [1.165, 1.54) is 0 Å². The fourth-order valence-corrected chi connectivity index (χ4v) is 0.983. The fourth-order valence-electron chi connectivity index (χ4n) is 0.764. The van der Waals surface area contributed by atoms with E-state index in [1.807, 2.05) is 0 Å². The smallest absolute Gasteiger partial charge is 0.418 e. The summed E-state index contributed by atoms with van der Waals surface area (Å²) in [5.41, 5.74) is -0.959. The quantitative estimate of drug-likeness (QED) is 0.370.